The molecule has 2 rings (SSSR count). The van der Waals surface area contributed by atoms with E-state index in [0.29, 0.717) is 18.4 Å². The molecule has 2 aliphatic rings. The molecule has 2 saturated heterocycles. The second-order valence-corrected chi connectivity index (χ2v) is 4.94. The van der Waals surface area contributed by atoms with Crippen LogP contribution in [0.4, 0.5) is 0 Å². The first-order valence-corrected chi connectivity index (χ1v) is 6.35. The Morgan fingerprint density at radius 1 is 1.24 bits per heavy atom. The van der Waals surface area contributed by atoms with Gasteiger partial charge in [-0.25, -0.2) is 0 Å². The van der Waals surface area contributed by atoms with Crippen molar-refractivity contribution in [1.29, 1.82) is 0 Å². The number of carboxylic acid groups (broad SMARTS) is 1. The van der Waals surface area contributed by atoms with Crippen LogP contribution < -0.4 is 0 Å². The predicted octanol–water partition coefficient (Wildman–Crippen LogP) is 1.58. The molecule has 0 radical (unpaired) electrons. The van der Waals surface area contributed by atoms with Crippen LogP contribution in [-0.4, -0.2) is 35.0 Å². The third kappa shape index (κ3) is 2.87. The molecular formula is C13H20O4. The van der Waals surface area contributed by atoms with Gasteiger partial charge in [0.15, 0.2) is 0 Å². The van der Waals surface area contributed by atoms with Gasteiger partial charge >= 0.3 is 5.97 Å². The maximum absolute atomic E-state index is 10.3. The molecule has 4 nitrogen and oxygen atoms in total. The molecule has 0 saturated carbocycles. The highest BCUT2D eigenvalue weighted by atomic mass is 16.5. The van der Waals surface area contributed by atoms with Gasteiger partial charge in [-0.3, -0.25) is 4.79 Å². The van der Waals surface area contributed by atoms with Crippen LogP contribution in [0.1, 0.15) is 32.1 Å². The quantitative estimate of drug-likeness (QED) is 0.692. The number of carboxylic acids is 1. The van der Waals surface area contributed by atoms with Crippen molar-refractivity contribution in [3.63, 3.8) is 0 Å². The van der Waals surface area contributed by atoms with Crippen molar-refractivity contribution >= 4 is 5.97 Å². The zero-order valence-corrected chi connectivity index (χ0v) is 9.92. The first-order valence-electron chi connectivity index (χ1n) is 6.35. The van der Waals surface area contributed by atoms with Crippen LogP contribution in [0.5, 0.6) is 0 Å². The number of allylic oxidation sites excluding steroid dienone is 2. The van der Waals surface area contributed by atoms with Gasteiger partial charge in [0, 0.05) is 18.9 Å². The molecule has 0 spiro atoms. The van der Waals surface area contributed by atoms with E-state index >= 15 is 0 Å². The van der Waals surface area contributed by atoms with Gasteiger partial charge in [-0.15, -0.1) is 0 Å². The number of aliphatic carboxylic acids is 1. The highest BCUT2D eigenvalue weighted by molar-refractivity contribution is 5.66. The van der Waals surface area contributed by atoms with E-state index in [1.54, 1.807) is 0 Å². The third-order valence-corrected chi connectivity index (χ3v) is 3.90. The average Bonchev–Trinajstić information content (AvgIpc) is 2.88. The van der Waals surface area contributed by atoms with Gasteiger partial charge in [-0.1, -0.05) is 12.2 Å². The van der Waals surface area contributed by atoms with Crippen LogP contribution in [-0.2, 0) is 9.53 Å². The Kier molecular flexibility index (Phi) is 4.18. The molecule has 2 aliphatic heterocycles. The number of ether oxygens (including phenoxy) is 1. The molecule has 4 heteroatoms. The summed E-state index contributed by atoms with van der Waals surface area (Å²) in [5.74, 6) is -0.0659. The minimum Gasteiger partial charge on any atom is -0.481 e. The van der Waals surface area contributed by atoms with E-state index in [2.05, 4.69) is 0 Å². The van der Waals surface area contributed by atoms with Gasteiger partial charge in [0.05, 0.1) is 12.2 Å². The van der Waals surface area contributed by atoms with E-state index in [9.17, 15) is 9.90 Å². The zero-order chi connectivity index (χ0) is 12.3. The average molecular weight is 240 g/mol. The summed E-state index contributed by atoms with van der Waals surface area (Å²) in [7, 11) is 0. The summed E-state index contributed by atoms with van der Waals surface area (Å²) in [5, 5.41) is 17.9. The molecule has 2 bridgehead atoms. The van der Waals surface area contributed by atoms with Crippen LogP contribution in [0.2, 0.25) is 0 Å². The molecule has 0 amide bonds. The fraction of sp³-hybridized carbons (Fsp3) is 0.769. The van der Waals surface area contributed by atoms with Crippen LogP contribution in [0.3, 0.4) is 0 Å². The monoisotopic (exact) mass is 240 g/mol. The summed E-state index contributed by atoms with van der Waals surface area (Å²) in [5.41, 5.74) is 0. The van der Waals surface area contributed by atoms with Crippen molar-refractivity contribution < 1.29 is 19.7 Å². The van der Waals surface area contributed by atoms with Gasteiger partial charge in [-0.05, 0) is 31.6 Å². The molecule has 0 aromatic heterocycles. The lowest BCUT2D eigenvalue weighted by atomic mass is 9.78. The van der Waals surface area contributed by atoms with E-state index in [1.165, 1.54) is 0 Å². The minimum atomic E-state index is -0.758. The lowest BCUT2D eigenvalue weighted by molar-refractivity contribution is -0.136. The molecule has 0 aromatic carbocycles. The Bertz CT molecular complexity index is 300. The van der Waals surface area contributed by atoms with Crippen LogP contribution >= 0.6 is 0 Å². The lowest BCUT2D eigenvalue weighted by Crippen LogP contribution is -2.29. The number of aliphatic hydroxyl groups is 1. The molecule has 0 unspecified atom stereocenters. The summed E-state index contributed by atoms with van der Waals surface area (Å²) in [4.78, 5) is 10.3. The molecule has 2 heterocycles. The molecule has 2 N–H and O–H groups in total. The minimum absolute atomic E-state index is 0.188. The fourth-order valence-electron chi connectivity index (χ4n) is 3.03. The smallest absolute Gasteiger partial charge is 0.303 e. The topological polar surface area (TPSA) is 66.8 Å². The highest BCUT2D eigenvalue weighted by Gasteiger charge is 2.47. The maximum Gasteiger partial charge on any atom is 0.303 e. The van der Waals surface area contributed by atoms with Gasteiger partial charge in [0.2, 0.25) is 0 Å². The SMILES string of the molecule is O=C(O)CC/C=C\C[C@H]1[C@@H](CO)[C@H]2CC[C@@H]1O2. The zero-order valence-electron chi connectivity index (χ0n) is 9.92. The number of hydrogen-bond donors (Lipinski definition) is 2. The normalized spacial score (nSPS) is 35.8. The van der Waals surface area contributed by atoms with Crippen LogP contribution in [0.25, 0.3) is 0 Å². The van der Waals surface area contributed by atoms with Gasteiger partial charge in [0.1, 0.15) is 0 Å². The molecule has 4 atom stereocenters. The summed E-state index contributed by atoms with van der Waals surface area (Å²) >= 11 is 0. The first-order chi connectivity index (χ1) is 8.22. The Morgan fingerprint density at radius 2 is 1.94 bits per heavy atom. The van der Waals surface area contributed by atoms with E-state index in [-0.39, 0.29) is 25.0 Å². The Hall–Kier alpha value is -0.870. The Morgan fingerprint density at radius 3 is 2.59 bits per heavy atom. The van der Waals surface area contributed by atoms with Crippen LogP contribution in [0, 0.1) is 11.8 Å². The van der Waals surface area contributed by atoms with Gasteiger partial charge in [-0.2, -0.15) is 0 Å². The molecule has 17 heavy (non-hydrogen) atoms. The predicted molar refractivity (Wildman–Crippen MR) is 62.6 cm³/mol. The van der Waals surface area contributed by atoms with Crippen molar-refractivity contribution in [2.45, 2.75) is 44.3 Å². The molecule has 96 valence electrons. The molecular weight excluding hydrogens is 220 g/mol. The van der Waals surface area contributed by atoms with Crippen molar-refractivity contribution in [3.8, 4) is 0 Å². The van der Waals surface area contributed by atoms with Crippen molar-refractivity contribution in [1.82, 2.24) is 0 Å². The fourth-order valence-corrected chi connectivity index (χ4v) is 3.03. The third-order valence-electron chi connectivity index (χ3n) is 3.90. The van der Waals surface area contributed by atoms with Gasteiger partial charge < -0.3 is 14.9 Å². The Labute approximate surface area is 101 Å². The maximum atomic E-state index is 10.3. The number of fused-ring (bicyclic) bond motifs is 2. The van der Waals surface area contributed by atoms with Gasteiger partial charge in [0.25, 0.3) is 0 Å². The van der Waals surface area contributed by atoms with Crippen molar-refractivity contribution in [3.05, 3.63) is 12.2 Å². The van der Waals surface area contributed by atoms with E-state index < -0.39 is 5.97 Å². The second kappa shape index (κ2) is 5.65. The van der Waals surface area contributed by atoms with Crippen LogP contribution in [0.15, 0.2) is 12.2 Å². The number of carbonyl (C=O) groups is 1. The van der Waals surface area contributed by atoms with Crippen molar-refractivity contribution in [2.75, 3.05) is 6.61 Å². The van der Waals surface area contributed by atoms with E-state index in [0.717, 1.165) is 19.3 Å². The Balaban J connectivity index is 1.76. The number of hydrogen-bond acceptors (Lipinski definition) is 3. The molecule has 2 fully saturated rings. The van der Waals surface area contributed by atoms with E-state index in [4.69, 9.17) is 9.84 Å². The summed E-state index contributed by atoms with van der Waals surface area (Å²) < 4.78 is 5.80. The second-order valence-electron chi connectivity index (χ2n) is 4.94. The summed E-state index contributed by atoms with van der Waals surface area (Å²) in [6.07, 6.45) is 8.38. The summed E-state index contributed by atoms with van der Waals surface area (Å²) in [6, 6.07) is 0. The molecule has 0 aliphatic carbocycles. The number of rotatable bonds is 6. The standard InChI is InChI=1S/C13H20O4/c14-8-10-9(11-6-7-12(10)17-11)4-2-1-3-5-13(15)16/h1-2,9-12,14H,3-8H2,(H,15,16)/b2-1-/t9-,10+,11-,12+/m0/s1. The largest absolute Gasteiger partial charge is 0.481 e. The highest BCUT2D eigenvalue weighted by Crippen LogP contribution is 2.44. The van der Waals surface area contributed by atoms with E-state index in [1.807, 2.05) is 12.2 Å². The lowest BCUT2D eigenvalue weighted by Gasteiger charge is -2.25. The number of aliphatic hydroxyl groups excluding tert-OH is 1. The van der Waals surface area contributed by atoms with Crippen molar-refractivity contribution in [2.24, 2.45) is 11.8 Å². The summed E-state index contributed by atoms with van der Waals surface area (Å²) in [6.45, 7) is 0.203. The first kappa shape index (κ1) is 12.6. The molecule has 0 aromatic rings.